The molecule has 0 fully saturated rings. The minimum absolute atomic E-state index is 0.286. The van der Waals surface area contributed by atoms with Crippen LogP contribution in [0.4, 0.5) is 11.4 Å². The molecule has 0 saturated heterocycles. The molecular weight excluding hydrogens is 309 g/mol. The van der Waals surface area contributed by atoms with Crippen molar-refractivity contribution in [2.24, 2.45) is 0 Å². The number of rotatable bonds is 5. The second kappa shape index (κ2) is 7.29. The monoisotopic (exact) mass is 323 g/mol. The molecule has 1 aromatic carbocycles. The second-order valence-electron chi connectivity index (χ2n) is 4.43. The summed E-state index contributed by atoms with van der Waals surface area (Å²) < 4.78 is 0. The van der Waals surface area contributed by atoms with E-state index in [0.717, 1.165) is 18.7 Å². The number of halogens is 2. The summed E-state index contributed by atoms with van der Waals surface area (Å²) in [6.07, 6.45) is 4.12. The SMILES string of the molecule is CCCNc1ccncc1C(=O)Nc1cc(Cl)ccc1Cl. The maximum absolute atomic E-state index is 12.4. The Bertz CT molecular complexity index is 647. The Kier molecular flexibility index (Phi) is 5.42. The molecule has 0 unspecified atom stereocenters. The van der Waals surface area contributed by atoms with Crippen molar-refractivity contribution in [1.29, 1.82) is 0 Å². The zero-order valence-electron chi connectivity index (χ0n) is 11.5. The lowest BCUT2D eigenvalue weighted by atomic mass is 10.2. The molecule has 2 N–H and O–H groups in total. The Morgan fingerprint density at radius 1 is 1.24 bits per heavy atom. The van der Waals surface area contributed by atoms with E-state index in [4.69, 9.17) is 23.2 Å². The molecule has 110 valence electrons. The van der Waals surface area contributed by atoms with Gasteiger partial charge in [0.2, 0.25) is 0 Å². The quantitative estimate of drug-likeness (QED) is 0.853. The van der Waals surface area contributed by atoms with E-state index in [9.17, 15) is 4.79 Å². The molecule has 0 radical (unpaired) electrons. The van der Waals surface area contributed by atoms with Gasteiger partial charge in [0.15, 0.2) is 0 Å². The van der Waals surface area contributed by atoms with Gasteiger partial charge < -0.3 is 10.6 Å². The van der Waals surface area contributed by atoms with Gasteiger partial charge in [-0.25, -0.2) is 0 Å². The number of carbonyl (C=O) groups is 1. The van der Waals surface area contributed by atoms with Crippen molar-refractivity contribution in [3.8, 4) is 0 Å². The maximum Gasteiger partial charge on any atom is 0.259 e. The zero-order chi connectivity index (χ0) is 15.2. The molecule has 0 saturated carbocycles. The van der Waals surface area contributed by atoms with Gasteiger partial charge in [0, 0.05) is 24.0 Å². The molecule has 0 aliphatic heterocycles. The number of aromatic nitrogens is 1. The summed E-state index contributed by atoms with van der Waals surface area (Å²) in [6, 6.07) is 6.68. The first-order valence-electron chi connectivity index (χ1n) is 6.56. The average Bonchev–Trinajstić information content (AvgIpc) is 2.49. The Hall–Kier alpha value is -1.78. The molecule has 1 amide bonds. The first-order chi connectivity index (χ1) is 10.1. The number of carbonyl (C=O) groups excluding carboxylic acids is 1. The topological polar surface area (TPSA) is 54.0 Å². The van der Waals surface area contributed by atoms with Crippen LogP contribution in [0.2, 0.25) is 10.0 Å². The molecule has 1 heterocycles. The number of nitrogens with zero attached hydrogens (tertiary/aromatic N) is 1. The van der Waals surface area contributed by atoms with Gasteiger partial charge >= 0.3 is 0 Å². The number of nitrogens with one attached hydrogen (secondary N) is 2. The molecular formula is C15H15Cl2N3O. The lowest BCUT2D eigenvalue weighted by Gasteiger charge is -2.12. The fourth-order valence-corrected chi connectivity index (χ4v) is 2.11. The predicted molar refractivity (Wildman–Crippen MR) is 87.4 cm³/mol. The molecule has 2 aromatic rings. The van der Waals surface area contributed by atoms with Crippen LogP contribution in [0.15, 0.2) is 36.7 Å². The van der Waals surface area contributed by atoms with Crippen molar-refractivity contribution in [2.75, 3.05) is 17.2 Å². The highest BCUT2D eigenvalue weighted by Crippen LogP contribution is 2.26. The number of hydrogen-bond acceptors (Lipinski definition) is 3. The fourth-order valence-electron chi connectivity index (χ4n) is 1.77. The minimum Gasteiger partial charge on any atom is -0.384 e. The summed E-state index contributed by atoms with van der Waals surface area (Å²) in [5.41, 5.74) is 1.67. The highest BCUT2D eigenvalue weighted by molar-refractivity contribution is 6.36. The number of pyridine rings is 1. The van der Waals surface area contributed by atoms with E-state index in [-0.39, 0.29) is 5.91 Å². The van der Waals surface area contributed by atoms with Gasteiger partial charge in [0.1, 0.15) is 0 Å². The van der Waals surface area contributed by atoms with Crippen LogP contribution in [0, 0.1) is 0 Å². The van der Waals surface area contributed by atoms with Crippen LogP contribution in [0.3, 0.4) is 0 Å². The fraction of sp³-hybridized carbons (Fsp3) is 0.200. The van der Waals surface area contributed by atoms with Gasteiger partial charge in [-0.05, 0) is 30.7 Å². The summed E-state index contributed by atoms with van der Waals surface area (Å²) in [5.74, 6) is -0.286. The maximum atomic E-state index is 12.4. The Morgan fingerprint density at radius 2 is 2.05 bits per heavy atom. The number of anilines is 2. The van der Waals surface area contributed by atoms with Crippen molar-refractivity contribution in [3.05, 3.63) is 52.3 Å². The minimum atomic E-state index is -0.286. The lowest BCUT2D eigenvalue weighted by molar-refractivity contribution is 0.102. The van der Waals surface area contributed by atoms with Gasteiger partial charge in [-0.15, -0.1) is 0 Å². The van der Waals surface area contributed by atoms with Crippen molar-refractivity contribution >= 4 is 40.5 Å². The van der Waals surface area contributed by atoms with Crippen LogP contribution in [-0.4, -0.2) is 17.4 Å². The standard InChI is InChI=1S/C15H15Cl2N3O/c1-2-6-19-13-5-7-18-9-11(13)15(21)20-14-8-10(16)3-4-12(14)17/h3-5,7-9H,2,6H2,1H3,(H,18,19)(H,20,21). The molecule has 0 atom stereocenters. The van der Waals surface area contributed by atoms with E-state index in [0.29, 0.717) is 21.3 Å². The van der Waals surface area contributed by atoms with Gasteiger partial charge in [-0.3, -0.25) is 9.78 Å². The van der Waals surface area contributed by atoms with Crippen molar-refractivity contribution in [1.82, 2.24) is 4.98 Å². The molecule has 4 nitrogen and oxygen atoms in total. The van der Waals surface area contributed by atoms with E-state index < -0.39 is 0 Å². The van der Waals surface area contributed by atoms with E-state index in [1.165, 1.54) is 6.20 Å². The first kappa shape index (κ1) is 15.6. The van der Waals surface area contributed by atoms with Crippen LogP contribution in [0.1, 0.15) is 23.7 Å². The summed E-state index contributed by atoms with van der Waals surface area (Å²) in [5, 5.41) is 6.88. The summed E-state index contributed by atoms with van der Waals surface area (Å²) in [4.78, 5) is 16.4. The molecule has 2 rings (SSSR count). The molecule has 0 aliphatic carbocycles. The molecule has 0 spiro atoms. The van der Waals surface area contributed by atoms with Crippen molar-refractivity contribution in [2.45, 2.75) is 13.3 Å². The highest BCUT2D eigenvalue weighted by Gasteiger charge is 2.13. The predicted octanol–water partition coefficient (Wildman–Crippen LogP) is 4.46. The Balaban J connectivity index is 2.22. The van der Waals surface area contributed by atoms with Gasteiger partial charge in [-0.1, -0.05) is 30.1 Å². The Labute approximate surface area is 133 Å². The van der Waals surface area contributed by atoms with Crippen LogP contribution in [0.5, 0.6) is 0 Å². The van der Waals surface area contributed by atoms with Crippen LogP contribution < -0.4 is 10.6 Å². The van der Waals surface area contributed by atoms with Crippen molar-refractivity contribution in [3.63, 3.8) is 0 Å². The van der Waals surface area contributed by atoms with E-state index in [1.807, 2.05) is 0 Å². The number of amides is 1. The third kappa shape index (κ3) is 4.09. The first-order valence-corrected chi connectivity index (χ1v) is 7.31. The number of benzene rings is 1. The van der Waals surface area contributed by atoms with E-state index >= 15 is 0 Å². The third-order valence-electron chi connectivity index (χ3n) is 2.81. The van der Waals surface area contributed by atoms with Crippen LogP contribution in [-0.2, 0) is 0 Å². The van der Waals surface area contributed by atoms with Crippen LogP contribution in [0.25, 0.3) is 0 Å². The van der Waals surface area contributed by atoms with Gasteiger partial charge in [0.05, 0.1) is 22.0 Å². The summed E-state index contributed by atoms with van der Waals surface area (Å²) >= 11 is 12.0. The number of hydrogen-bond donors (Lipinski definition) is 2. The molecule has 0 aliphatic rings. The van der Waals surface area contributed by atoms with E-state index in [1.54, 1.807) is 30.5 Å². The van der Waals surface area contributed by atoms with Gasteiger partial charge in [-0.2, -0.15) is 0 Å². The smallest absolute Gasteiger partial charge is 0.259 e. The molecule has 0 bridgehead atoms. The summed E-state index contributed by atoms with van der Waals surface area (Å²) in [7, 11) is 0. The third-order valence-corrected chi connectivity index (χ3v) is 3.37. The molecule has 21 heavy (non-hydrogen) atoms. The van der Waals surface area contributed by atoms with Crippen LogP contribution >= 0.6 is 23.2 Å². The summed E-state index contributed by atoms with van der Waals surface area (Å²) in [6.45, 7) is 2.84. The lowest BCUT2D eigenvalue weighted by Crippen LogP contribution is -2.15. The van der Waals surface area contributed by atoms with Gasteiger partial charge in [0.25, 0.3) is 5.91 Å². The highest BCUT2D eigenvalue weighted by atomic mass is 35.5. The molecule has 6 heteroatoms. The Morgan fingerprint density at radius 3 is 2.81 bits per heavy atom. The average molecular weight is 324 g/mol. The van der Waals surface area contributed by atoms with E-state index in [2.05, 4.69) is 22.5 Å². The second-order valence-corrected chi connectivity index (χ2v) is 5.27. The van der Waals surface area contributed by atoms with Crippen molar-refractivity contribution < 1.29 is 4.79 Å². The largest absolute Gasteiger partial charge is 0.384 e. The normalized spacial score (nSPS) is 10.2. The molecule has 1 aromatic heterocycles. The zero-order valence-corrected chi connectivity index (χ0v) is 13.0.